The monoisotopic (exact) mass is 547 g/mol. The van der Waals surface area contributed by atoms with Crippen LogP contribution in [0.1, 0.15) is 6.92 Å². The summed E-state index contributed by atoms with van der Waals surface area (Å²) in [5, 5.41) is 12.4. The summed E-state index contributed by atoms with van der Waals surface area (Å²) < 4.78 is 5.22. The van der Waals surface area contributed by atoms with Crippen molar-refractivity contribution in [3.8, 4) is 5.69 Å². The van der Waals surface area contributed by atoms with Crippen molar-refractivity contribution < 1.29 is 14.3 Å². The molecule has 12 heteroatoms. The average molecular weight is 549 g/mol. The molecule has 0 N–H and O–H groups in total. The number of halogens is 2. The number of hydrogen-bond acceptors (Lipinski definition) is 8. The van der Waals surface area contributed by atoms with Crippen molar-refractivity contribution in [2.24, 2.45) is 0 Å². The third-order valence-electron chi connectivity index (χ3n) is 4.67. The largest absolute Gasteiger partial charge is 0.467 e. The third-order valence-corrected chi connectivity index (χ3v) is 9.98. The number of aromatic nitrogens is 4. The highest BCUT2D eigenvalue weighted by molar-refractivity contribution is 9.26. The van der Waals surface area contributed by atoms with Crippen LogP contribution in [0.4, 0.5) is 0 Å². The van der Waals surface area contributed by atoms with E-state index < -0.39 is 20.0 Å². The van der Waals surface area contributed by atoms with E-state index in [9.17, 15) is 9.59 Å². The molecule has 0 unspecified atom stereocenters. The zero-order valence-corrected chi connectivity index (χ0v) is 19.6. The summed E-state index contributed by atoms with van der Waals surface area (Å²) in [5.74, 6) is -0.0890. The van der Waals surface area contributed by atoms with Gasteiger partial charge in [0.15, 0.2) is 3.23 Å². The van der Waals surface area contributed by atoms with E-state index in [1.807, 2.05) is 37.3 Å². The summed E-state index contributed by atoms with van der Waals surface area (Å²) in [4.78, 5) is 26.6. The SMILES string of the molecule is COC(=O)[C@@H]1N2C(=O)C(Br)(Br)[C@H]2S[C@@]1(C)CSc1nnnn1-c1ccccc1. The molecule has 0 bridgehead atoms. The minimum absolute atomic E-state index is 0.178. The lowest BCUT2D eigenvalue weighted by atomic mass is 9.98. The van der Waals surface area contributed by atoms with E-state index in [0.717, 1.165) is 5.69 Å². The lowest BCUT2D eigenvalue weighted by Crippen LogP contribution is -2.68. The van der Waals surface area contributed by atoms with Gasteiger partial charge in [-0.2, -0.15) is 4.68 Å². The highest BCUT2D eigenvalue weighted by Gasteiger charge is 2.71. The first-order chi connectivity index (χ1) is 13.3. The Balaban J connectivity index is 1.58. The first-order valence-corrected chi connectivity index (χ1v) is 11.7. The van der Waals surface area contributed by atoms with Gasteiger partial charge in [-0.1, -0.05) is 61.8 Å². The molecule has 0 radical (unpaired) electrons. The second-order valence-corrected chi connectivity index (χ2v) is 12.7. The lowest BCUT2D eigenvalue weighted by molar-refractivity contribution is -0.159. The molecule has 8 nitrogen and oxygen atoms in total. The van der Waals surface area contributed by atoms with E-state index in [1.165, 1.54) is 18.9 Å². The topological polar surface area (TPSA) is 90.2 Å². The molecular formula is C16H15Br2N5O3S2. The maximum Gasteiger partial charge on any atom is 0.330 e. The molecule has 0 aliphatic carbocycles. The number of benzene rings is 1. The minimum atomic E-state index is -0.856. The maximum absolute atomic E-state index is 12.5. The van der Waals surface area contributed by atoms with Gasteiger partial charge in [0.1, 0.15) is 11.4 Å². The third kappa shape index (κ3) is 3.08. The number of amides is 1. The molecule has 3 atom stereocenters. The van der Waals surface area contributed by atoms with Crippen LogP contribution < -0.4 is 0 Å². The number of hydrogen-bond donors (Lipinski definition) is 0. The number of rotatable bonds is 5. The normalized spacial score (nSPS) is 28.0. The first kappa shape index (κ1) is 20.2. The summed E-state index contributed by atoms with van der Waals surface area (Å²) in [5.41, 5.74) is 0.850. The van der Waals surface area contributed by atoms with Gasteiger partial charge in [0.2, 0.25) is 5.16 Å². The van der Waals surface area contributed by atoms with Crippen LogP contribution in [0.15, 0.2) is 35.5 Å². The van der Waals surface area contributed by atoms with Gasteiger partial charge in [-0.3, -0.25) is 4.79 Å². The number of β-lactam (4-membered cyclic amide) rings is 1. The van der Waals surface area contributed by atoms with Crippen molar-refractivity contribution in [1.82, 2.24) is 25.1 Å². The zero-order valence-electron chi connectivity index (χ0n) is 14.8. The van der Waals surface area contributed by atoms with Crippen molar-refractivity contribution in [3.05, 3.63) is 30.3 Å². The molecule has 0 spiro atoms. The summed E-state index contributed by atoms with van der Waals surface area (Å²) in [7, 11) is 1.34. The molecule has 28 heavy (non-hydrogen) atoms. The highest BCUT2D eigenvalue weighted by atomic mass is 79.9. The Hall–Kier alpha value is -1.11. The fraction of sp³-hybridized carbons (Fsp3) is 0.438. The van der Waals surface area contributed by atoms with Crippen molar-refractivity contribution in [2.45, 2.75) is 31.5 Å². The molecule has 1 aromatic heterocycles. The average Bonchev–Trinajstić information content (AvgIpc) is 3.28. The Kier molecular flexibility index (Phi) is 5.26. The van der Waals surface area contributed by atoms with Gasteiger partial charge in [0.05, 0.1) is 17.5 Å². The van der Waals surface area contributed by atoms with Crippen LogP contribution in [0.25, 0.3) is 5.69 Å². The van der Waals surface area contributed by atoms with Crippen molar-refractivity contribution in [2.75, 3.05) is 12.9 Å². The van der Waals surface area contributed by atoms with Gasteiger partial charge < -0.3 is 9.64 Å². The van der Waals surface area contributed by atoms with E-state index >= 15 is 0 Å². The molecule has 1 aromatic carbocycles. The molecule has 0 saturated carbocycles. The van der Waals surface area contributed by atoms with Gasteiger partial charge in [-0.05, 0) is 29.5 Å². The number of carbonyl (C=O) groups is 2. The van der Waals surface area contributed by atoms with E-state index in [4.69, 9.17) is 4.74 Å². The maximum atomic E-state index is 12.5. The number of tetrazole rings is 1. The summed E-state index contributed by atoms with van der Waals surface area (Å²) in [6.07, 6.45) is 0. The quantitative estimate of drug-likeness (QED) is 0.243. The van der Waals surface area contributed by atoms with Gasteiger partial charge in [-0.25, -0.2) is 4.79 Å². The predicted octanol–water partition coefficient (Wildman–Crippen LogP) is 2.46. The smallest absolute Gasteiger partial charge is 0.330 e. The Morgan fingerprint density at radius 1 is 1.36 bits per heavy atom. The number of ether oxygens (including phenoxy) is 1. The lowest BCUT2D eigenvalue weighted by Gasteiger charge is -2.46. The van der Waals surface area contributed by atoms with Crippen molar-refractivity contribution in [3.63, 3.8) is 0 Å². The predicted molar refractivity (Wildman–Crippen MR) is 113 cm³/mol. The number of alkyl halides is 2. The summed E-state index contributed by atoms with van der Waals surface area (Å²) in [6.45, 7) is 1.96. The zero-order chi connectivity index (χ0) is 20.1. The number of nitrogens with zero attached hydrogens (tertiary/aromatic N) is 5. The van der Waals surface area contributed by atoms with Gasteiger partial charge in [-0.15, -0.1) is 16.9 Å². The van der Waals surface area contributed by atoms with Crippen LogP contribution in [-0.4, -0.2) is 69.2 Å². The molecule has 4 rings (SSSR count). The number of carbonyl (C=O) groups excluding carboxylic acids is 2. The molecule has 2 aliphatic rings. The minimum Gasteiger partial charge on any atom is -0.467 e. The van der Waals surface area contributed by atoms with Crippen LogP contribution in [-0.2, 0) is 14.3 Å². The first-order valence-electron chi connectivity index (χ1n) is 8.22. The standard InChI is InChI=1S/C16H15Br2N5O3S2/c1-15(8-27-14-19-20-21-23(14)9-6-4-3-5-7-9)10(11(24)26-2)22-12(25)16(17,18)13(22)28-15/h3-7,10,13H,8H2,1-2H3/t10-,13+,15-/m0/s1. The summed E-state index contributed by atoms with van der Waals surface area (Å²) in [6, 6.07) is 8.89. The number of fused-ring (bicyclic) bond motifs is 1. The van der Waals surface area contributed by atoms with Crippen molar-refractivity contribution in [1.29, 1.82) is 0 Å². The number of esters is 1. The van der Waals surface area contributed by atoms with Gasteiger partial charge in [0.25, 0.3) is 5.91 Å². The molecule has 2 fully saturated rings. The Morgan fingerprint density at radius 3 is 2.75 bits per heavy atom. The van der Waals surface area contributed by atoms with Gasteiger partial charge >= 0.3 is 5.97 Å². The molecule has 3 heterocycles. The van der Waals surface area contributed by atoms with Crippen LogP contribution in [0.5, 0.6) is 0 Å². The molecule has 2 aromatic rings. The number of para-hydroxylation sites is 1. The second-order valence-electron chi connectivity index (χ2n) is 6.54. The Labute approximate surface area is 186 Å². The van der Waals surface area contributed by atoms with Crippen molar-refractivity contribution >= 4 is 67.3 Å². The van der Waals surface area contributed by atoms with E-state index in [-0.39, 0.29) is 11.3 Å². The van der Waals surface area contributed by atoms with E-state index in [1.54, 1.807) is 21.3 Å². The number of methoxy groups -OCH3 is 1. The van der Waals surface area contributed by atoms with Crippen LogP contribution in [0.3, 0.4) is 0 Å². The Morgan fingerprint density at radius 2 is 2.07 bits per heavy atom. The highest BCUT2D eigenvalue weighted by Crippen LogP contribution is 2.61. The molecule has 2 saturated heterocycles. The van der Waals surface area contributed by atoms with Gasteiger partial charge in [0, 0.05) is 5.75 Å². The number of thioether (sulfide) groups is 2. The molecule has 2 aliphatic heterocycles. The van der Waals surface area contributed by atoms with Crippen LogP contribution in [0, 0.1) is 0 Å². The van der Waals surface area contributed by atoms with E-state index in [2.05, 4.69) is 47.4 Å². The second kappa shape index (κ2) is 7.29. The molecule has 1 amide bonds. The van der Waals surface area contributed by atoms with Crippen LogP contribution >= 0.6 is 55.4 Å². The molecule has 148 valence electrons. The Bertz CT molecular complexity index is 928. The fourth-order valence-electron chi connectivity index (χ4n) is 3.29. The molecular weight excluding hydrogens is 534 g/mol. The van der Waals surface area contributed by atoms with E-state index in [0.29, 0.717) is 10.9 Å². The fourth-order valence-corrected chi connectivity index (χ4v) is 7.51. The summed E-state index contributed by atoms with van der Waals surface area (Å²) >= 11 is 9.86. The van der Waals surface area contributed by atoms with Crippen LogP contribution in [0.2, 0.25) is 0 Å².